The Morgan fingerprint density at radius 3 is 2.54 bits per heavy atom. The number of benzene rings is 1. The Balaban J connectivity index is 1.67. The van der Waals surface area contributed by atoms with E-state index in [1.54, 1.807) is 38.1 Å². The standard InChI is InChI=1S/C20H26N4O4/c1-3-20(2)18(27)24(19(28)23-20)12-16(25)22-15-11-7-6-10-14(15)17(26)21-13-8-4-5-9-13/h6-7,10-11,13H,3-5,8-9,12H2,1-2H3,(H,21,26)(H,22,25)(H,23,28)/t20-/m0/s1. The molecule has 8 heteroatoms. The second-order valence-corrected chi connectivity index (χ2v) is 7.56. The molecular formula is C20H26N4O4. The van der Waals surface area contributed by atoms with Gasteiger partial charge in [-0.3, -0.25) is 19.3 Å². The fourth-order valence-corrected chi connectivity index (χ4v) is 3.59. The van der Waals surface area contributed by atoms with Gasteiger partial charge in [0.25, 0.3) is 11.8 Å². The minimum Gasteiger partial charge on any atom is -0.349 e. The Hall–Kier alpha value is -2.90. The number of nitrogens with zero attached hydrogens (tertiary/aromatic N) is 1. The van der Waals surface area contributed by atoms with E-state index in [1.165, 1.54) is 0 Å². The van der Waals surface area contributed by atoms with Gasteiger partial charge in [-0.05, 0) is 38.3 Å². The number of hydrogen-bond donors (Lipinski definition) is 3. The first kappa shape index (κ1) is 19.9. The van der Waals surface area contributed by atoms with Crippen molar-refractivity contribution in [1.82, 2.24) is 15.5 Å². The number of carbonyl (C=O) groups excluding carboxylic acids is 4. The summed E-state index contributed by atoms with van der Waals surface area (Å²) < 4.78 is 0. The van der Waals surface area contributed by atoms with E-state index >= 15 is 0 Å². The molecule has 3 rings (SSSR count). The maximum Gasteiger partial charge on any atom is 0.325 e. The Kier molecular flexibility index (Phi) is 5.67. The molecule has 2 aliphatic rings. The van der Waals surface area contributed by atoms with E-state index in [2.05, 4.69) is 16.0 Å². The fourth-order valence-electron chi connectivity index (χ4n) is 3.59. The maximum absolute atomic E-state index is 12.6. The zero-order valence-corrected chi connectivity index (χ0v) is 16.2. The van der Waals surface area contributed by atoms with Crippen LogP contribution in [0, 0.1) is 0 Å². The Morgan fingerprint density at radius 2 is 1.89 bits per heavy atom. The van der Waals surface area contributed by atoms with Gasteiger partial charge in [0.1, 0.15) is 12.1 Å². The lowest BCUT2D eigenvalue weighted by atomic mass is 9.99. The summed E-state index contributed by atoms with van der Waals surface area (Å²) >= 11 is 0. The lowest BCUT2D eigenvalue weighted by Gasteiger charge is -2.19. The number of amides is 5. The van der Waals surface area contributed by atoms with Gasteiger partial charge in [0.15, 0.2) is 0 Å². The van der Waals surface area contributed by atoms with Gasteiger partial charge < -0.3 is 16.0 Å². The van der Waals surface area contributed by atoms with E-state index in [4.69, 9.17) is 0 Å². The number of rotatable bonds is 6. The summed E-state index contributed by atoms with van der Waals surface area (Å²) in [5, 5.41) is 8.26. The average molecular weight is 386 g/mol. The van der Waals surface area contributed by atoms with Gasteiger partial charge in [0.2, 0.25) is 5.91 Å². The first-order valence-electron chi connectivity index (χ1n) is 9.68. The summed E-state index contributed by atoms with van der Waals surface area (Å²) in [6.45, 7) is 3.02. The average Bonchev–Trinajstić information content (AvgIpc) is 3.25. The Labute approximate surface area is 164 Å². The van der Waals surface area contributed by atoms with Crippen LogP contribution in [0.15, 0.2) is 24.3 Å². The van der Waals surface area contributed by atoms with Crippen molar-refractivity contribution in [2.75, 3.05) is 11.9 Å². The highest BCUT2D eigenvalue weighted by Crippen LogP contribution is 2.22. The van der Waals surface area contributed by atoms with Gasteiger partial charge in [-0.15, -0.1) is 0 Å². The van der Waals surface area contributed by atoms with Crippen LogP contribution in [0.25, 0.3) is 0 Å². The highest BCUT2D eigenvalue weighted by Gasteiger charge is 2.47. The topological polar surface area (TPSA) is 108 Å². The number of carbonyl (C=O) groups is 4. The smallest absolute Gasteiger partial charge is 0.325 e. The molecule has 0 spiro atoms. The van der Waals surface area contributed by atoms with E-state index in [-0.39, 0.29) is 11.9 Å². The molecule has 0 radical (unpaired) electrons. The molecule has 0 aromatic heterocycles. The highest BCUT2D eigenvalue weighted by atomic mass is 16.2. The molecule has 1 aliphatic heterocycles. The van der Waals surface area contributed by atoms with Crippen molar-refractivity contribution in [3.8, 4) is 0 Å². The molecule has 1 atom stereocenters. The van der Waals surface area contributed by atoms with E-state index in [0.29, 0.717) is 17.7 Å². The first-order chi connectivity index (χ1) is 13.3. The van der Waals surface area contributed by atoms with Crippen LogP contribution in [0.1, 0.15) is 56.3 Å². The summed E-state index contributed by atoms with van der Waals surface area (Å²) in [6.07, 6.45) is 4.56. The second-order valence-electron chi connectivity index (χ2n) is 7.56. The van der Waals surface area contributed by atoms with Gasteiger partial charge >= 0.3 is 6.03 Å². The normalized spacial score (nSPS) is 22.3. The van der Waals surface area contributed by atoms with Crippen molar-refractivity contribution in [2.45, 2.75) is 57.5 Å². The largest absolute Gasteiger partial charge is 0.349 e. The summed E-state index contributed by atoms with van der Waals surface area (Å²) in [7, 11) is 0. The minimum atomic E-state index is -0.990. The molecule has 1 heterocycles. The van der Waals surface area contributed by atoms with Gasteiger partial charge in [-0.2, -0.15) is 0 Å². The summed E-state index contributed by atoms with van der Waals surface area (Å²) in [6, 6.07) is 6.28. The second kappa shape index (κ2) is 8.00. The van der Waals surface area contributed by atoms with Crippen LogP contribution in [-0.2, 0) is 9.59 Å². The van der Waals surface area contributed by atoms with Crippen LogP contribution in [0.2, 0.25) is 0 Å². The molecule has 1 aliphatic carbocycles. The monoisotopic (exact) mass is 386 g/mol. The molecule has 0 bridgehead atoms. The molecule has 2 fully saturated rings. The third-order valence-corrected chi connectivity index (χ3v) is 5.49. The Morgan fingerprint density at radius 1 is 1.21 bits per heavy atom. The highest BCUT2D eigenvalue weighted by molar-refractivity contribution is 6.10. The Bertz CT molecular complexity index is 803. The predicted octanol–water partition coefficient (Wildman–Crippen LogP) is 2.02. The fraction of sp³-hybridized carbons (Fsp3) is 0.500. The number of para-hydroxylation sites is 1. The molecule has 1 aromatic carbocycles. The number of anilines is 1. The molecular weight excluding hydrogens is 360 g/mol. The van der Waals surface area contributed by atoms with Crippen molar-refractivity contribution in [3.63, 3.8) is 0 Å². The van der Waals surface area contributed by atoms with Crippen LogP contribution in [-0.4, -0.2) is 46.8 Å². The SMILES string of the molecule is CC[C@]1(C)NC(=O)N(CC(=O)Nc2ccccc2C(=O)NC2CCCC2)C1=O. The van der Waals surface area contributed by atoms with E-state index in [9.17, 15) is 19.2 Å². The minimum absolute atomic E-state index is 0.161. The zero-order valence-electron chi connectivity index (χ0n) is 16.2. The van der Waals surface area contributed by atoms with Gasteiger partial charge in [-0.1, -0.05) is 31.9 Å². The summed E-state index contributed by atoms with van der Waals surface area (Å²) in [5.74, 6) is -1.20. The van der Waals surface area contributed by atoms with Crippen molar-refractivity contribution in [3.05, 3.63) is 29.8 Å². The first-order valence-corrected chi connectivity index (χ1v) is 9.68. The zero-order chi connectivity index (χ0) is 20.3. The summed E-state index contributed by atoms with van der Waals surface area (Å²) in [4.78, 5) is 50.4. The van der Waals surface area contributed by atoms with Gasteiger partial charge in [0.05, 0.1) is 11.3 Å². The lowest BCUT2D eigenvalue weighted by Crippen LogP contribution is -2.44. The van der Waals surface area contributed by atoms with E-state index in [0.717, 1.165) is 30.6 Å². The molecule has 0 unspecified atom stereocenters. The molecule has 1 aromatic rings. The van der Waals surface area contributed by atoms with Crippen molar-refractivity contribution in [2.24, 2.45) is 0 Å². The molecule has 28 heavy (non-hydrogen) atoms. The van der Waals surface area contributed by atoms with Gasteiger partial charge in [0, 0.05) is 6.04 Å². The van der Waals surface area contributed by atoms with Crippen molar-refractivity contribution < 1.29 is 19.2 Å². The van der Waals surface area contributed by atoms with Crippen LogP contribution >= 0.6 is 0 Å². The quantitative estimate of drug-likeness (QED) is 0.650. The summed E-state index contributed by atoms with van der Waals surface area (Å²) in [5.41, 5.74) is -0.275. The lowest BCUT2D eigenvalue weighted by molar-refractivity contribution is -0.133. The molecule has 3 N–H and O–H groups in total. The van der Waals surface area contributed by atoms with Crippen LogP contribution < -0.4 is 16.0 Å². The van der Waals surface area contributed by atoms with Crippen LogP contribution in [0.5, 0.6) is 0 Å². The molecule has 1 saturated heterocycles. The van der Waals surface area contributed by atoms with Gasteiger partial charge in [-0.25, -0.2) is 4.79 Å². The number of imide groups is 1. The molecule has 1 saturated carbocycles. The van der Waals surface area contributed by atoms with E-state index < -0.39 is 29.9 Å². The third-order valence-electron chi connectivity index (χ3n) is 5.49. The van der Waals surface area contributed by atoms with Crippen molar-refractivity contribution >= 4 is 29.4 Å². The van der Waals surface area contributed by atoms with E-state index in [1.807, 2.05) is 0 Å². The van der Waals surface area contributed by atoms with Crippen LogP contribution in [0.3, 0.4) is 0 Å². The van der Waals surface area contributed by atoms with Crippen LogP contribution in [0.4, 0.5) is 10.5 Å². The number of nitrogens with one attached hydrogen (secondary N) is 3. The predicted molar refractivity (Wildman–Crippen MR) is 104 cm³/mol. The molecule has 150 valence electrons. The maximum atomic E-state index is 12.6. The molecule has 8 nitrogen and oxygen atoms in total. The number of hydrogen-bond acceptors (Lipinski definition) is 4. The number of urea groups is 1. The third kappa shape index (κ3) is 4.00. The molecule has 5 amide bonds. The van der Waals surface area contributed by atoms with Crippen molar-refractivity contribution in [1.29, 1.82) is 0 Å².